The first kappa shape index (κ1) is 15.6. The molecule has 0 radical (unpaired) electrons. The van der Waals surface area contributed by atoms with Crippen LogP contribution in [-0.4, -0.2) is 44.1 Å². The second-order valence-electron chi connectivity index (χ2n) is 5.32. The summed E-state index contributed by atoms with van der Waals surface area (Å²) in [7, 11) is 1.82. The molecular formula is C17H25N3O. The number of likely N-dealkylation sites (tertiary alicyclic amines) is 1. The zero-order valence-corrected chi connectivity index (χ0v) is 12.8. The molecule has 0 amide bonds. The summed E-state index contributed by atoms with van der Waals surface area (Å²) in [4.78, 5) is 6.60. The quantitative estimate of drug-likeness (QED) is 0.495. The third kappa shape index (κ3) is 4.90. The van der Waals surface area contributed by atoms with Gasteiger partial charge in [-0.1, -0.05) is 36.4 Å². The van der Waals surface area contributed by atoms with Gasteiger partial charge in [-0.15, -0.1) is 6.58 Å². The van der Waals surface area contributed by atoms with E-state index < -0.39 is 0 Å². The molecule has 0 aliphatic carbocycles. The molecule has 1 aliphatic rings. The summed E-state index contributed by atoms with van der Waals surface area (Å²) in [5, 5.41) is 3.28. The minimum Gasteiger partial charge on any atom is -0.376 e. The molecule has 1 aliphatic heterocycles. The standard InChI is InChI=1S/C17H25N3O/c1-3-10-19-17(18-2)20-11-9-16(12-20)14-21-13-15-7-5-4-6-8-15/h3-8,16H,1,9-14H2,2H3,(H,18,19). The zero-order chi connectivity index (χ0) is 14.9. The van der Waals surface area contributed by atoms with Crippen LogP contribution < -0.4 is 5.32 Å². The van der Waals surface area contributed by atoms with E-state index in [1.54, 1.807) is 0 Å². The van der Waals surface area contributed by atoms with E-state index in [1.165, 1.54) is 5.56 Å². The van der Waals surface area contributed by atoms with Gasteiger partial charge in [0.2, 0.25) is 0 Å². The highest BCUT2D eigenvalue weighted by Gasteiger charge is 2.24. The van der Waals surface area contributed by atoms with Crippen LogP contribution in [0.25, 0.3) is 0 Å². The molecule has 0 saturated carbocycles. The Kier molecular flexibility index (Phi) is 6.28. The van der Waals surface area contributed by atoms with Crippen LogP contribution in [0, 0.1) is 5.92 Å². The van der Waals surface area contributed by atoms with E-state index in [-0.39, 0.29) is 0 Å². The fraction of sp³-hybridized carbons (Fsp3) is 0.471. The zero-order valence-electron chi connectivity index (χ0n) is 12.8. The van der Waals surface area contributed by atoms with Crippen molar-refractivity contribution in [1.29, 1.82) is 0 Å². The van der Waals surface area contributed by atoms with E-state index in [2.05, 4.69) is 33.9 Å². The Balaban J connectivity index is 1.71. The van der Waals surface area contributed by atoms with Crippen molar-refractivity contribution in [3.05, 3.63) is 48.6 Å². The van der Waals surface area contributed by atoms with Gasteiger partial charge in [-0.25, -0.2) is 0 Å². The van der Waals surface area contributed by atoms with Crippen LogP contribution in [0.15, 0.2) is 48.0 Å². The smallest absolute Gasteiger partial charge is 0.193 e. The third-order valence-electron chi connectivity index (χ3n) is 3.67. The van der Waals surface area contributed by atoms with E-state index in [1.807, 2.05) is 31.3 Å². The van der Waals surface area contributed by atoms with Crippen LogP contribution in [0.3, 0.4) is 0 Å². The average Bonchev–Trinajstić information content (AvgIpc) is 2.98. The number of hydrogen-bond donors (Lipinski definition) is 1. The van der Waals surface area contributed by atoms with Crippen LogP contribution >= 0.6 is 0 Å². The minimum absolute atomic E-state index is 0.580. The minimum atomic E-state index is 0.580. The average molecular weight is 287 g/mol. The van der Waals surface area contributed by atoms with E-state index in [4.69, 9.17) is 4.74 Å². The van der Waals surface area contributed by atoms with Crippen LogP contribution in [0.4, 0.5) is 0 Å². The Hall–Kier alpha value is -1.81. The molecule has 2 rings (SSSR count). The van der Waals surface area contributed by atoms with Crippen molar-refractivity contribution in [2.24, 2.45) is 10.9 Å². The number of nitrogens with one attached hydrogen (secondary N) is 1. The van der Waals surface area contributed by atoms with Crippen molar-refractivity contribution in [3.63, 3.8) is 0 Å². The predicted octanol–water partition coefficient (Wildman–Crippen LogP) is 2.29. The van der Waals surface area contributed by atoms with Crippen LogP contribution in [0.5, 0.6) is 0 Å². The van der Waals surface area contributed by atoms with Crippen molar-refractivity contribution >= 4 is 5.96 Å². The largest absolute Gasteiger partial charge is 0.376 e. The molecule has 1 atom stereocenters. The van der Waals surface area contributed by atoms with E-state index in [0.717, 1.165) is 38.6 Å². The van der Waals surface area contributed by atoms with Crippen molar-refractivity contribution in [1.82, 2.24) is 10.2 Å². The molecule has 1 aromatic rings. The van der Waals surface area contributed by atoms with Gasteiger partial charge in [-0.3, -0.25) is 4.99 Å². The Labute approximate surface area is 127 Å². The monoisotopic (exact) mass is 287 g/mol. The second kappa shape index (κ2) is 8.47. The molecule has 1 unspecified atom stereocenters. The number of benzene rings is 1. The molecule has 21 heavy (non-hydrogen) atoms. The van der Waals surface area contributed by atoms with Gasteiger partial charge in [-0.05, 0) is 12.0 Å². The lowest BCUT2D eigenvalue weighted by molar-refractivity contribution is 0.0907. The molecular weight excluding hydrogens is 262 g/mol. The highest BCUT2D eigenvalue weighted by Crippen LogP contribution is 2.17. The number of aliphatic imine (C=N–C) groups is 1. The van der Waals surface area contributed by atoms with Gasteiger partial charge in [0, 0.05) is 32.6 Å². The summed E-state index contributed by atoms with van der Waals surface area (Å²) < 4.78 is 5.84. The molecule has 114 valence electrons. The van der Waals surface area contributed by atoms with Gasteiger partial charge in [-0.2, -0.15) is 0 Å². The first-order valence-corrected chi connectivity index (χ1v) is 7.51. The van der Waals surface area contributed by atoms with Gasteiger partial charge in [0.25, 0.3) is 0 Å². The molecule has 4 nitrogen and oxygen atoms in total. The molecule has 0 bridgehead atoms. The Morgan fingerprint density at radius 1 is 1.48 bits per heavy atom. The van der Waals surface area contributed by atoms with Crippen molar-refractivity contribution in [2.45, 2.75) is 13.0 Å². The fourth-order valence-corrected chi connectivity index (χ4v) is 2.57. The lowest BCUT2D eigenvalue weighted by atomic mass is 10.1. The number of hydrogen-bond acceptors (Lipinski definition) is 2. The summed E-state index contributed by atoms with van der Waals surface area (Å²) in [6, 6.07) is 10.3. The molecule has 1 saturated heterocycles. The Morgan fingerprint density at radius 3 is 3.00 bits per heavy atom. The van der Waals surface area contributed by atoms with Crippen LogP contribution in [0.2, 0.25) is 0 Å². The van der Waals surface area contributed by atoms with Gasteiger partial charge in [0.05, 0.1) is 13.2 Å². The second-order valence-corrected chi connectivity index (χ2v) is 5.32. The Morgan fingerprint density at radius 2 is 2.29 bits per heavy atom. The molecule has 1 aromatic carbocycles. The topological polar surface area (TPSA) is 36.9 Å². The summed E-state index contributed by atoms with van der Waals surface area (Å²) >= 11 is 0. The number of ether oxygens (including phenoxy) is 1. The van der Waals surface area contributed by atoms with E-state index >= 15 is 0 Å². The molecule has 1 heterocycles. The summed E-state index contributed by atoms with van der Waals surface area (Å²) in [5.41, 5.74) is 1.23. The lowest BCUT2D eigenvalue weighted by Gasteiger charge is -2.21. The fourth-order valence-electron chi connectivity index (χ4n) is 2.57. The van der Waals surface area contributed by atoms with Crippen molar-refractivity contribution in [2.75, 3.05) is 33.3 Å². The predicted molar refractivity (Wildman–Crippen MR) is 87.3 cm³/mol. The highest BCUT2D eigenvalue weighted by atomic mass is 16.5. The lowest BCUT2D eigenvalue weighted by Crippen LogP contribution is -2.40. The van der Waals surface area contributed by atoms with Gasteiger partial charge in [0.1, 0.15) is 0 Å². The van der Waals surface area contributed by atoms with Crippen LogP contribution in [-0.2, 0) is 11.3 Å². The first-order chi connectivity index (χ1) is 10.3. The normalized spacial score (nSPS) is 18.8. The van der Waals surface area contributed by atoms with E-state index in [9.17, 15) is 0 Å². The van der Waals surface area contributed by atoms with Gasteiger partial charge >= 0.3 is 0 Å². The molecule has 1 fully saturated rings. The number of guanidine groups is 1. The maximum atomic E-state index is 5.84. The van der Waals surface area contributed by atoms with Crippen molar-refractivity contribution < 1.29 is 4.74 Å². The molecule has 0 spiro atoms. The number of nitrogens with zero attached hydrogens (tertiary/aromatic N) is 2. The maximum absolute atomic E-state index is 5.84. The van der Waals surface area contributed by atoms with Crippen molar-refractivity contribution in [3.8, 4) is 0 Å². The maximum Gasteiger partial charge on any atom is 0.193 e. The molecule has 0 aromatic heterocycles. The molecule has 1 N–H and O–H groups in total. The SMILES string of the molecule is C=CCNC(=NC)N1CCC(COCc2ccccc2)C1. The third-order valence-corrected chi connectivity index (χ3v) is 3.67. The summed E-state index contributed by atoms with van der Waals surface area (Å²) in [6.45, 7) is 8.02. The van der Waals surface area contributed by atoms with Gasteiger partial charge < -0.3 is 15.0 Å². The van der Waals surface area contributed by atoms with Crippen LogP contribution in [0.1, 0.15) is 12.0 Å². The summed E-state index contributed by atoms with van der Waals surface area (Å²) in [6.07, 6.45) is 3.01. The highest BCUT2D eigenvalue weighted by molar-refractivity contribution is 5.80. The summed E-state index contributed by atoms with van der Waals surface area (Å²) in [5.74, 6) is 1.54. The molecule has 4 heteroatoms. The number of rotatable bonds is 6. The first-order valence-electron chi connectivity index (χ1n) is 7.51. The van der Waals surface area contributed by atoms with Gasteiger partial charge in [0.15, 0.2) is 5.96 Å². The van der Waals surface area contributed by atoms with E-state index in [0.29, 0.717) is 12.5 Å². The Bertz CT molecular complexity index is 458.